The highest BCUT2D eigenvalue weighted by atomic mass is 32.1. The number of amidine groups is 1. The Balaban J connectivity index is 1.08. The van der Waals surface area contributed by atoms with E-state index in [1.165, 1.54) is 16.2 Å². The molecular weight excluding hydrogens is 584 g/mol. The lowest BCUT2D eigenvalue weighted by atomic mass is 10.0. The minimum absolute atomic E-state index is 0.0215. The van der Waals surface area contributed by atoms with E-state index >= 15 is 0 Å². The fourth-order valence-corrected chi connectivity index (χ4v) is 6.45. The van der Waals surface area contributed by atoms with E-state index in [4.69, 9.17) is 20.4 Å². The van der Waals surface area contributed by atoms with Crippen LogP contribution in [0.5, 0.6) is 0 Å². The van der Waals surface area contributed by atoms with Crippen LogP contribution in [0.1, 0.15) is 27.2 Å². The molecule has 4 aromatic rings. The fourth-order valence-electron chi connectivity index (χ4n) is 5.63. The lowest BCUT2D eigenvalue weighted by Gasteiger charge is -2.24. The monoisotopic (exact) mass is 616 g/mol. The second kappa shape index (κ2) is 12.1. The van der Waals surface area contributed by atoms with Crippen molar-refractivity contribution in [3.8, 4) is 11.1 Å². The summed E-state index contributed by atoms with van der Waals surface area (Å²) >= 11 is 1.35. The molecule has 0 unspecified atom stereocenters. The van der Waals surface area contributed by atoms with Crippen molar-refractivity contribution < 1.29 is 29.1 Å². The van der Waals surface area contributed by atoms with Gasteiger partial charge in [-0.3, -0.25) is 14.4 Å². The van der Waals surface area contributed by atoms with Gasteiger partial charge in [-0.15, -0.1) is 11.3 Å². The number of amides is 3. The van der Waals surface area contributed by atoms with Gasteiger partial charge in [-0.1, -0.05) is 23.4 Å². The number of carbonyl (C=O) groups excluding carboxylic acids is 3. The number of benzene rings is 2. The van der Waals surface area contributed by atoms with Crippen LogP contribution in [0.15, 0.2) is 71.3 Å². The molecule has 2 saturated heterocycles. The standard InChI is InChI=1S/C31H32N6O6S/c1-36-9-8-22-12-21(6-7-25(22)36)19-2-4-20(5-3-19)29(39)34-16-27(38)37-18-31(42-10-11-43-31)14-26(37)30(40)33-15-24-13-23(17-44-24)28(32)35-41/h2-9,12-13,17,26,41H,10-11,14-16,18H2,1H3,(H2,32,35)(H,33,40)(H,34,39)/t26-/m0/s1. The third kappa shape index (κ3) is 5.89. The molecule has 44 heavy (non-hydrogen) atoms. The number of hydrogen-bond donors (Lipinski definition) is 4. The number of carbonyl (C=O) groups is 3. The first kappa shape index (κ1) is 29.4. The number of nitrogens with zero attached hydrogens (tertiary/aromatic N) is 3. The number of hydrogen-bond acceptors (Lipinski definition) is 8. The van der Waals surface area contributed by atoms with E-state index in [1.54, 1.807) is 23.6 Å². The van der Waals surface area contributed by atoms with Gasteiger partial charge >= 0.3 is 0 Å². The number of nitrogens with two attached hydrogens (primary N) is 1. The first-order chi connectivity index (χ1) is 21.2. The lowest BCUT2D eigenvalue weighted by Crippen LogP contribution is -2.49. The minimum Gasteiger partial charge on any atom is -0.409 e. The molecule has 5 N–H and O–H groups in total. The fraction of sp³-hybridized carbons (Fsp3) is 0.290. The zero-order valence-corrected chi connectivity index (χ0v) is 24.8. The van der Waals surface area contributed by atoms with Gasteiger partial charge < -0.3 is 40.5 Å². The average molecular weight is 617 g/mol. The highest BCUT2D eigenvalue weighted by Crippen LogP contribution is 2.35. The number of ether oxygens (including phenoxy) is 2. The number of fused-ring (bicyclic) bond motifs is 1. The molecule has 0 radical (unpaired) electrons. The summed E-state index contributed by atoms with van der Waals surface area (Å²) in [7, 11) is 2.00. The van der Waals surface area contributed by atoms with Crippen LogP contribution in [-0.4, -0.2) is 76.4 Å². The smallest absolute Gasteiger partial charge is 0.251 e. The van der Waals surface area contributed by atoms with Gasteiger partial charge in [0.05, 0.1) is 32.8 Å². The molecule has 0 saturated carbocycles. The number of thiophene rings is 1. The SMILES string of the molecule is Cn1ccc2cc(-c3ccc(C(=O)NCC(=O)N4CC5(C[C@H]4C(=O)NCc4cc(/C(N)=N/O)cs4)OCCO5)cc3)ccc21. The molecule has 1 atom stereocenters. The maximum atomic E-state index is 13.3. The minimum atomic E-state index is -1.05. The largest absolute Gasteiger partial charge is 0.409 e. The summed E-state index contributed by atoms with van der Waals surface area (Å²) in [6.45, 7) is 0.718. The number of aryl methyl sites for hydroxylation is 1. The van der Waals surface area contributed by atoms with Gasteiger partial charge in [0.1, 0.15) is 6.04 Å². The van der Waals surface area contributed by atoms with Crippen molar-refractivity contribution >= 4 is 45.8 Å². The predicted molar refractivity (Wildman–Crippen MR) is 164 cm³/mol. The molecule has 1 spiro atoms. The molecule has 2 aliphatic rings. The topological polar surface area (TPSA) is 161 Å². The number of aromatic nitrogens is 1. The molecule has 2 aromatic carbocycles. The molecule has 13 heteroatoms. The first-order valence-corrected chi connectivity index (χ1v) is 15.0. The van der Waals surface area contributed by atoms with E-state index in [9.17, 15) is 14.4 Å². The molecule has 3 amide bonds. The van der Waals surface area contributed by atoms with Gasteiger partial charge in [0.15, 0.2) is 11.6 Å². The van der Waals surface area contributed by atoms with Gasteiger partial charge in [0, 0.05) is 52.0 Å². The normalized spacial score (nSPS) is 17.8. The average Bonchev–Trinajstić information content (AvgIpc) is 3.86. The van der Waals surface area contributed by atoms with E-state index in [2.05, 4.69) is 38.6 Å². The van der Waals surface area contributed by atoms with E-state index in [-0.39, 0.29) is 37.8 Å². The van der Waals surface area contributed by atoms with Gasteiger partial charge in [-0.25, -0.2) is 0 Å². The Morgan fingerprint density at radius 1 is 1.05 bits per heavy atom. The quantitative estimate of drug-likeness (QED) is 0.102. The van der Waals surface area contributed by atoms with Crippen molar-refractivity contribution in [2.24, 2.45) is 17.9 Å². The van der Waals surface area contributed by atoms with E-state index in [1.807, 2.05) is 31.4 Å². The van der Waals surface area contributed by atoms with Crippen molar-refractivity contribution in [3.05, 3.63) is 82.2 Å². The third-order valence-electron chi connectivity index (χ3n) is 7.99. The Hall–Kier alpha value is -4.72. The molecular formula is C31H32N6O6S. The Morgan fingerprint density at radius 3 is 2.55 bits per heavy atom. The third-order valence-corrected chi connectivity index (χ3v) is 8.93. The highest BCUT2D eigenvalue weighted by molar-refractivity contribution is 7.10. The van der Waals surface area contributed by atoms with Crippen LogP contribution < -0.4 is 16.4 Å². The van der Waals surface area contributed by atoms with Crippen molar-refractivity contribution in [2.75, 3.05) is 26.3 Å². The number of likely N-dealkylation sites (tertiary alicyclic amines) is 1. The molecule has 0 bridgehead atoms. The Kier molecular flexibility index (Phi) is 8.08. The van der Waals surface area contributed by atoms with Crippen molar-refractivity contribution in [2.45, 2.75) is 24.8 Å². The van der Waals surface area contributed by atoms with Crippen LogP contribution in [0.25, 0.3) is 22.0 Å². The maximum Gasteiger partial charge on any atom is 0.251 e. The second-order valence-electron chi connectivity index (χ2n) is 10.8. The van der Waals surface area contributed by atoms with Crippen LogP contribution >= 0.6 is 11.3 Å². The second-order valence-corrected chi connectivity index (χ2v) is 11.8. The summed E-state index contributed by atoms with van der Waals surface area (Å²) in [5.74, 6) is -2.27. The molecule has 2 aliphatic heterocycles. The number of nitrogens with one attached hydrogen (secondary N) is 2. The van der Waals surface area contributed by atoms with Crippen LogP contribution in [-0.2, 0) is 32.7 Å². The van der Waals surface area contributed by atoms with Crippen molar-refractivity contribution in [3.63, 3.8) is 0 Å². The van der Waals surface area contributed by atoms with Gasteiger partial charge in [-0.2, -0.15) is 0 Å². The molecule has 0 aliphatic carbocycles. The van der Waals surface area contributed by atoms with E-state index < -0.39 is 23.6 Å². The number of oxime groups is 1. The molecule has 2 fully saturated rings. The van der Waals surface area contributed by atoms with Gasteiger partial charge in [0.25, 0.3) is 5.91 Å². The Morgan fingerprint density at radius 2 is 1.80 bits per heavy atom. The lowest BCUT2D eigenvalue weighted by molar-refractivity contribution is -0.152. The molecule has 228 valence electrons. The van der Waals surface area contributed by atoms with Crippen molar-refractivity contribution in [1.82, 2.24) is 20.1 Å². The van der Waals surface area contributed by atoms with E-state index in [0.717, 1.165) is 26.9 Å². The Bertz CT molecular complexity index is 1740. The maximum absolute atomic E-state index is 13.3. The zero-order chi connectivity index (χ0) is 30.8. The van der Waals surface area contributed by atoms with Crippen molar-refractivity contribution in [1.29, 1.82) is 0 Å². The van der Waals surface area contributed by atoms with Crippen LogP contribution in [0.4, 0.5) is 0 Å². The van der Waals surface area contributed by atoms with E-state index in [0.29, 0.717) is 24.3 Å². The molecule has 4 heterocycles. The summed E-state index contributed by atoms with van der Waals surface area (Å²) in [6, 6.07) is 16.3. The summed E-state index contributed by atoms with van der Waals surface area (Å²) in [5, 5.41) is 20.3. The first-order valence-electron chi connectivity index (χ1n) is 14.1. The predicted octanol–water partition coefficient (Wildman–Crippen LogP) is 2.39. The summed E-state index contributed by atoms with van der Waals surface area (Å²) in [5.41, 5.74) is 9.75. The highest BCUT2D eigenvalue weighted by Gasteiger charge is 2.52. The van der Waals surface area contributed by atoms with Crippen LogP contribution in [0.2, 0.25) is 0 Å². The summed E-state index contributed by atoms with van der Waals surface area (Å²) < 4.78 is 13.7. The number of rotatable bonds is 8. The summed E-state index contributed by atoms with van der Waals surface area (Å²) in [6.07, 6.45) is 2.19. The van der Waals surface area contributed by atoms with Gasteiger partial charge in [-0.05, 0) is 47.5 Å². The van der Waals surface area contributed by atoms with Crippen LogP contribution in [0, 0.1) is 0 Å². The molecule has 6 rings (SSSR count). The zero-order valence-electron chi connectivity index (χ0n) is 24.0. The van der Waals surface area contributed by atoms with Gasteiger partial charge in [0.2, 0.25) is 11.8 Å². The molecule has 2 aromatic heterocycles. The molecule has 12 nitrogen and oxygen atoms in total. The van der Waals surface area contributed by atoms with Crippen LogP contribution in [0.3, 0.4) is 0 Å². The summed E-state index contributed by atoms with van der Waals surface area (Å²) in [4.78, 5) is 41.7. The Labute approximate surface area is 257 Å².